The van der Waals surface area contributed by atoms with Crippen LogP contribution in [0.4, 0.5) is 36.4 Å². The van der Waals surface area contributed by atoms with Gasteiger partial charge in [0.05, 0.1) is 4.92 Å². The molecule has 0 amide bonds. The van der Waals surface area contributed by atoms with Gasteiger partial charge in [-0.3, -0.25) is 10.1 Å². The molecular formula is C7F7NO2. The van der Waals surface area contributed by atoms with Crippen LogP contribution in [-0.4, -0.2) is 4.92 Å². The molecule has 0 atom stereocenters. The number of alkyl halides is 3. The Bertz CT molecular complexity index is 467. The van der Waals surface area contributed by atoms with Gasteiger partial charge in [0.25, 0.3) is 0 Å². The van der Waals surface area contributed by atoms with E-state index in [-0.39, 0.29) is 0 Å². The van der Waals surface area contributed by atoms with Crippen molar-refractivity contribution < 1.29 is 35.7 Å². The van der Waals surface area contributed by atoms with Gasteiger partial charge in [-0.05, 0) is 0 Å². The summed E-state index contributed by atoms with van der Waals surface area (Å²) in [6.07, 6.45) is -5.72. The predicted octanol–water partition coefficient (Wildman–Crippen LogP) is 3.17. The molecule has 0 radical (unpaired) electrons. The molecule has 0 N–H and O–H groups in total. The fourth-order valence-corrected chi connectivity index (χ4v) is 1.03. The lowest BCUT2D eigenvalue weighted by atomic mass is 10.1. The predicted molar refractivity (Wildman–Crippen MR) is 37.9 cm³/mol. The van der Waals surface area contributed by atoms with E-state index in [4.69, 9.17) is 0 Å². The van der Waals surface area contributed by atoms with Gasteiger partial charge < -0.3 is 0 Å². The molecule has 0 fully saturated rings. The van der Waals surface area contributed by atoms with Crippen LogP contribution >= 0.6 is 0 Å². The second kappa shape index (κ2) is 3.86. The van der Waals surface area contributed by atoms with Crippen LogP contribution in [0.5, 0.6) is 0 Å². The lowest BCUT2D eigenvalue weighted by molar-refractivity contribution is -0.390. The van der Waals surface area contributed by atoms with E-state index >= 15 is 0 Å². The molecule has 0 aromatic heterocycles. The number of nitro groups is 1. The molecular weight excluding hydrogens is 263 g/mol. The molecule has 0 aliphatic heterocycles. The average molecular weight is 263 g/mol. The first-order chi connectivity index (χ1) is 7.59. The van der Waals surface area contributed by atoms with Crippen molar-refractivity contribution in [2.45, 2.75) is 6.18 Å². The Labute approximate surface area is 87.6 Å². The zero-order chi connectivity index (χ0) is 13.5. The van der Waals surface area contributed by atoms with E-state index in [2.05, 4.69) is 0 Å². The van der Waals surface area contributed by atoms with Crippen LogP contribution in [0, 0.1) is 33.4 Å². The van der Waals surface area contributed by atoms with Crippen molar-refractivity contribution in [3.8, 4) is 0 Å². The van der Waals surface area contributed by atoms with Crippen LogP contribution in [0.1, 0.15) is 5.56 Å². The molecule has 0 bridgehead atoms. The SMILES string of the molecule is O=[N+]([O-])c1c(F)c(F)c(C(F)(F)F)c(F)c1F. The Morgan fingerprint density at radius 2 is 1.24 bits per heavy atom. The summed E-state index contributed by atoms with van der Waals surface area (Å²) < 4.78 is 87.1. The van der Waals surface area contributed by atoms with E-state index in [1.54, 1.807) is 0 Å². The Hall–Kier alpha value is -1.87. The van der Waals surface area contributed by atoms with Gasteiger partial charge in [0, 0.05) is 0 Å². The highest BCUT2D eigenvalue weighted by Gasteiger charge is 2.44. The van der Waals surface area contributed by atoms with Gasteiger partial charge >= 0.3 is 11.9 Å². The van der Waals surface area contributed by atoms with Crippen molar-refractivity contribution in [1.82, 2.24) is 0 Å². The molecule has 1 aromatic carbocycles. The van der Waals surface area contributed by atoms with Crippen molar-refractivity contribution in [2.24, 2.45) is 0 Å². The Morgan fingerprint density at radius 3 is 1.47 bits per heavy atom. The Balaban J connectivity index is 3.77. The fraction of sp³-hybridized carbons (Fsp3) is 0.143. The molecule has 0 saturated carbocycles. The summed E-state index contributed by atoms with van der Waals surface area (Å²) in [5, 5.41) is 10.0. The molecule has 0 spiro atoms. The summed E-state index contributed by atoms with van der Waals surface area (Å²) in [5.74, 6) is -11.1. The monoisotopic (exact) mass is 263 g/mol. The molecule has 0 aliphatic rings. The van der Waals surface area contributed by atoms with Crippen molar-refractivity contribution in [1.29, 1.82) is 0 Å². The summed E-state index contributed by atoms with van der Waals surface area (Å²) in [6, 6.07) is 0. The molecule has 0 aliphatic carbocycles. The van der Waals surface area contributed by atoms with E-state index in [0.29, 0.717) is 0 Å². The van der Waals surface area contributed by atoms with Crippen molar-refractivity contribution in [3.63, 3.8) is 0 Å². The number of benzene rings is 1. The van der Waals surface area contributed by atoms with Crippen LogP contribution in [0.25, 0.3) is 0 Å². The third-order valence-corrected chi connectivity index (χ3v) is 1.71. The number of hydrogen-bond donors (Lipinski definition) is 0. The van der Waals surface area contributed by atoms with Crippen LogP contribution < -0.4 is 0 Å². The molecule has 3 nitrogen and oxygen atoms in total. The molecule has 1 rings (SSSR count). The number of nitrogens with zero attached hydrogens (tertiary/aromatic N) is 1. The lowest BCUT2D eigenvalue weighted by Crippen LogP contribution is -2.16. The highest BCUT2D eigenvalue weighted by molar-refractivity contribution is 5.40. The first kappa shape index (κ1) is 13.2. The minimum absolute atomic E-state index is 1.86. The third-order valence-electron chi connectivity index (χ3n) is 1.71. The summed E-state index contributed by atoms with van der Waals surface area (Å²) in [6.45, 7) is 0. The maximum absolute atomic E-state index is 12.8. The summed E-state index contributed by atoms with van der Waals surface area (Å²) in [7, 11) is 0. The summed E-state index contributed by atoms with van der Waals surface area (Å²) in [4.78, 5) is 8.15. The van der Waals surface area contributed by atoms with Gasteiger partial charge in [0.15, 0.2) is 11.6 Å². The van der Waals surface area contributed by atoms with Crippen LogP contribution in [0.2, 0.25) is 0 Å². The van der Waals surface area contributed by atoms with Gasteiger partial charge in [-0.1, -0.05) is 0 Å². The van der Waals surface area contributed by atoms with Crippen LogP contribution in [-0.2, 0) is 6.18 Å². The van der Waals surface area contributed by atoms with Crippen molar-refractivity contribution in [3.05, 3.63) is 38.9 Å². The van der Waals surface area contributed by atoms with E-state index in [1.807, 2.05) is 0 Å². The van der Waals surface area contributed by atoms with Gasteiger partial charge in [-0.25, -0.2) is 8.78 Å². The van der Waals surface area contributed by atoms with Gasteiger partial charge in [0.1, 0.15) is 5.56 Å². The average Bonchev–Trinajstić information content (AvgIpc) is 2.12. The van der Waals surface area contributed by atoms with Gasteiger partial charge in [-0.2, -0.15) is 22.0 Å². The number of nitro benzene ring substituents is 1. The third kappa shape index (κ3) is 2.01. The van der Waals surface area contributed by atoms with Crippen LogP contribution in [0.15, 0.2) is 0 Å². The maximum atomic E-state index is 12.8. The Kier molecular flexibility index (Phi) is 2.99. The quantitative estimate of drug-likeness (QED) is 0.338. The molecule has 94 valence electrons. The standard InChI is InChI=1S/C7F7NO2/c8-2-1(7(12,13)14)3(9)5(11)6(4(2)10)15(16)17. The highest BCUT2D eigenvalue weighted by atomic mass is 19.4. The number of halogens is 7. The highest BCUT2D eigenvalue weighted by Crippen LogP contribution is 2.38. The summed E-state index contributed by atoms with van der Waals surface area (Å²) in [5.41, 5.74) is -5.16. The second-order valence-electron chi connectivity index (χ2n) is 2.73. The lowest BCUT2D eigenvalue weighted by Gasteiger charge is -2.10. The van der Waals surface area contributed by atoms with E-state index in [9.17, 15) is 40.8 Å². The van der Waals surface area contributed by atoms with E-state index in [0.717, 1.165) is 0 Å². The van der Waals surface area contributed by atoms with Crippen molar-refractivity contribution in [2.75, 3.05) is 0 Å². The molecule has 10 heteroatoms. The maximum Gasteiger partial charge on any atom is 0.422 e. The first-order valence-corrected chi connectivity index (χ1v) is 3.66. The summed E-state index contributed by atoms with van der Waals surface area (Å²) >= 11 is 0. The molecule has 0 unspecified atom stereocenters. The molecule has 17 heavy (non-hydrogen) atoms. The van der Waals surface area contributed by atoms with E-state index < -0.39 is 45.6 Å². The Morgan fingerprint density at radius 1 is 0.882 bits per heavy atom. The smallest absolute Gasteiger partial charge is 0.258 e. The van der Waals surface area contributed by atoms with Gasteiger partial charge in [-0.15, -0.1) is 0 Å². The van der Waals surface area contributed by atoms with Crippen molar-refractivity contribution >= 4 is 5.69 Å². The largest absolute Gasteiger partial charge is 0.422 e. The molecule has 1 aromatic rings. The van der Waals surface area contributed by atoms with E-state index in [1.165, 1.54) is 0 Å². The minimum atomic E-state index is -5.72. The molecule has 0 heterocycles. The second-order valence-corrected chi connectivity index (χ2v) is 2.73. The number of rotatable bonds is 1. The fourth-order valence-electron chi connectivity index (χ4n) is 1.03. The molecule has 0 saturated heterocycles. The van der Waals surface area contributed by atoms with Gasteiger partial charge in [0.2, 0.25) is 11.6 Å². The zero-order valence-electron chi connectivity index (χ0n) is 7.41. The topological polar surface area (TPSA) is 43.1 Å². The zero-order valence-corrected chi connectivity index (χ0v) is 7.41. The van der Waals surface area contributed by atoms with Crippen LogP contribution in [0.3, 0.4) is 0 Å². The number of hydrogen-bond acceptors (Lipinski definition) is 2. The first-order valence-electron chi connectivity index (χ1n) is 3.66. The minimum Gasteiger partial charge on any atom is -0.258 e. The normalized spacial score (nSPS) is 11.7.